The molecular weight excluding hydrogens is 380 g/mol. The lowest BCUT2D eigenvalue weighted by atomic mass is 10.0. The molecule has 0 saturated carbocycles. The molecule has 0 aromatic heterocycles. The maximum absolute atomic E-state index is 13.6. The summed E-state index contributed by atoms with van der Waals surface area (Å²) in [6.07, 6.45) is -0.618. The molecule has 0 unspecified atom stereocenters. The molecule has 2 aromatic rings. The van der Waals surface area contributed by atoms with E-state index in [2.05, 4.69) is 4.18 Å². The first kappa shape index (κ1) is 18.3. The number of carboxylic acid groups (broad SMARTS) is 1. The van der Waals surface area contributed by atoms with Gasteiger partial charge in [0, 0.05) is 5.39 Å². The number of aliphatic carboxylic acids is 1. The van der Waals surface area contributed by atoms with Crippen LogP contribution >= 0.6 is 11.6 Å². The number of hydrogen-bond donors (Lipinski definition) is 1. The summed E-state index contributed by atoms with van der Waals surface area (Å²) in [5.41, 5.74) is -5.77. The van der Waals surface area contributed by atoms with E-state index in [0.717, 1.165) is 18.2 Å². The summed E-state index contributed by atoms with van der Waals surface area (Å²) < 4.78 is 77.5. The molecule has 5 nitrogen and oxygen atoms in total. The Morgan fingerprint density at radius 1 is 1.25 bits per heavy atom. The van der Waals surface area contributed by atoms with Gasteiger partial charge >= 0.3 is 21.6 Å². The Morgan fingerprint density at radius 3 is 2.42 bits per heavy atom. The van der Waals surface area contributed by atoms with Crippen LogP contribution in [-0.4, -0.2) is 25.0 Å². The molecule has 130 valence electrons. The minimum absolute atomic E-state index is 0.0209. The molecule has 0 amide bonds. The van der Waals surface area contributed by atoms with Crippen LogP contribution < -0.4 is 4.18 Å². The molecular formula is C13H7ClF4O5S. The Balaban J connectivity index is 2.73. The van der Waals surface area contributed by atoms with Gasteiger partial charge < -0.3 is 9.29 Å². The molecule has 0 fully saturated rings. The second kappa shape index (κ2) is 6.10. The minimum atomic E-state index is -6.05. The standard InChI is InChI=1S/C13H7ClF4O5S/c14-12-8(15)2-1-7-3-6(5-10(19)20)4-9(11(7)12)23-24(21,22)13(16,17)18/h1-4H,5H2,(H,19,20). The summed E-state index contributed by atoms with van der Waals surface area (Å²) in [6, 6.07) is 3.99. The van der Waals surface area contributed by atoms with Crippen molar-refractivity contribution in [2.75, 3.05) is 0 Å². The van der Waals surface area contributed by atoms with Gasteiger partial charge in [0.15, 0.2) is 5.75 Å². The summed E-state index contributed by atoms with van der Waals surface area (Å²) >= 11 is 5.68. The zero-order chi connectivity index (χ0) is 18.3. The average molecular weight is 387 g/mol. The van der Waals surface area contributed by atoms with Crippen molar-refractivity contribution in [2.45, 2.75) is 11.9 Å². The van der Waals surface area contributed by atoms with Gasteiger partial charge in [-0.1, -0.05) is 23.7 Å². The normalized spacial score (nSPS) is 12.4. The van der Waals surface area contributed by atoms with E-state index in [4.69, 9.17) is 16.7 Å². The Morgan fingerprint density at radius 2 is 1.88 bits per heavy atom. The number of halogens is 5. The number of fused-ring (bicyclic) bond motifs is 1. The third-order valence-corrected chi connectivity index (χ3v) is 4.20. The second-order valence-electron chi connectivity index (χ2n) is 4.61. The van der Waals surface area contributed by atoms with Crippen LogP contribution in [0.2, 0.25) is 5.02 Å². The molecule has 0 aliphatic heterocycles. The molecule has 2 aromatic carbocycles. The van der Waals surface area contributed by atoms with Crippen LogP contribution in [0, 0.1) is 5.82 Å². The fourth-order valence-electron chi connectivity index (χ4n) is 1.93. The van der Waals surface area contributed by atoms with Crippen molar-refractivity contribution in [1.82, 2.24) is 0 Å². The third kappa shape index (κ3) is 3.54. The van der Waals surface area contributed by atoms with E-state index in [1.165, 1.54) is 6.07 Å². The fourth-order valence-corrected chi connectivity index (χ4v) is 2.65. The first-order valence-corrected chi connectivity index (χ1v) is 7.84. The van der Waals surface area contributed by atoms with Gasteiger partial charge in [-0.3, -0.25) is 4.79 Å². The van der Waals surface area contributed by atoms with Gasteiger partial charge in [-0.25, -0.2) is 4.39 Å². The van der Waals surface area contributed by atoms with Gasteiger partial charge in [-0.2, -0.15) is 21.6 Å². The van der Waals surface area contributed by atoms with Crippen LogP contribution in [-0.2, 0) is 21.3 Å². The summed E-state index contributed by atoms with van der Waals surface area (Å²) in [6.45, 7) is 0. The summed E-state index contributed by atoms with van der Waals surface area (Å²) in [4.78, 5) is 10.8. The van der Waals surface area contributed by atoms with E-state index in [-0.39, 0.29) is 10.9 Å². The zero-order valence-corrected chi connectivity index (χ0v) is 13.0. The number of hydrogen-bond acceptors (Lipinski definition) is 4. The van der Waals surface area contributed by atoms with Crippen LogP contribution in [0.3, 0.4) is 0 Å². The Kier molecular flexibility index (Phi) is 4.64. The van der Waals surface area contributed by atoms with E-state index < -0.39 is 50.0 Å². The van der Waals surface area contributed by atoms with Crippen LogP contribution in [0.25, 0.3) is 10.8 Å². The number of carboxylic acids is 1. The number of benzene rings is 2. The smallest absolute Gasteiger partial charge is 0.481 e. The van der Waals surface area contributed by atoms with E-state index in [0.29, 0.717) is 0 Å². The largest absolute Gasteiger partial charge is 0.534 e. The highest BCUT2D eigenvalue weighted by Crippen LogP contribution is 2.38. The molecule has 0 aliphatic rings. The Bertz CT molecular complexity index is 924. The van der Waals surface area contributed by atoms with Gasteiger partial charge in [0.25, 0.3) is 0 Å². The lowest BCUT2D eigenvalue weighted by Gasteiger charge is -2.14. The highest BCUT2D eigenvalue weighted by molar-refractivity contribution is 7.88. The quantitative estimate of drug-likeness (QED) is 0.494. The maximum atomic E-state index is 13.6. The van der Waals surface area contributed by atoms with E-state index >= 15 is 0 Å². The first-order valence-electron chi connectivity index (χ1n) is 6.05. The van der Waals surface area contributed by atoms with Crippen LogP contribution in [0.5, 0.6) is 5.75 Å². The van der Waals surface area contributed by atoms with Crippen molar-refractivity contribution in [2.24, 2.45) is 0 Å². The zero-order valence-electron chi connectivity index (χ0n) is 11.4. The molecule has 0 saturated heterocycles. The Labute approximate surface area is 137 Å². The van der Waals surface area contributed by atoms with Gasteiger partial charge in [0.2, 0.25) is 0 Å². The fraction of sp³-hybridized carbons (Fsp3) is 0.154. The lowest BCUT2D eigenvalue weighted by Crippen LogP contribution is -2.28. The molecule has 0 atom stereocenters. The van der Waals surface area contributed by atoms with Crippen molar-refractivity contribution in [1.29, 1.82) is 0 Å². The molecule has 0 spiro atoms. The number of carbonyl (C=O) groups is 1. The van der Waals surface area contributed by atoms with E-state index in [1.807, 2.05) is 0 Å². The van der Waals surface area contributed by atoms with Gasteiger partial charge in [-0.15, -0.1) is 0 Å². The predicted molar refractivity (Wildman–Crippen MR) is 75.9 cm³/mol. The van der Waals surface area contributed by atoms with Gasteiger partial charge in [-0.05, 0) is 23.1 Å². The van der Waals surface area contributed by atoms with Crippen molar-refractivity contribution < 1.29 is 40.1 Å². The van der Waals surface area contributed by atoms with E-state index in [9.17, 15) is 30.8 Å². The van der Waals surface area contributed by atoms with Crippen molar-refractivity contribution in [3.63, 3.8) is 0 Å². The van der Waals surface area contributed by atoms with Crippen LogP contribution in [0.1, 0.15) is 5.56 Å². The maximum Gasteiger partial charge on any atom is 0.534 e. The summed E-state index contributed by atoms with van der Waals surface area (Å²) in [5, 5.41) is 7.72. The predicted octanol–water partition coefficient (Wildman–Crippen LogP) is 3.49. The molecule has 0 aliphatic carbocycles. The van der Waals surface area contributed by atoms with Gasteiger partial charge in [0.1, 0.15) is 5.82 Å². The third-order valence-electron chi connectivity index (χ3n) is 2.87. The first-order chi connectivity index (χ1) is 10.9. The average Bonchev–Trinajstić information content (AvgIpc) is 2.40. The molecule has 1 N–H and O–H groups in total. The highest BCUT2D eigenvalue weighted by atomic mass is 35.5. The second-order valence-corrected chi connectivity index (χ2v) is 6.52. The number of rotatable bonds is 4. The molecule has 0 radical (unpaired) electrons. The van der Waals surface area contributed by atoms with Gasteiger partial charge in [0.05, 0.1) is 11.4 Å². The molecule has 24 heavy (non-hydrogen) atoms. The molecule has 0 bridgehead atoms. The SMILES string of the molecule is O=C(O)Cc1cc(OS(=O)(=O)C(F)(F)F)c2c(Cl)c(F)ccc2c1. The van der Waals surface area contributed by atoms with Crippen molar-refractivity contribution in [3.05, 3.63) is 40.7 Å². The summed E-state index contributed by atoms with van der Waals surface area (Å²) in [5.74, 6) is -3.23. The highest BCUT2D eigenvalue weighted by Gasteiger charge is 2.48. The van der Waals surface area contributed by atoms with Crippen molar-refractivity contribution >= 4 is 38.5 Å². The summed E-state index contributed by atoms with van der Waals surface area (Å²) in [7, 11) is -6.05. The molecule has 11 heteroatoms. The van der Waals surface area contributed by atoms with Crippen LogP contribution in [0.4, 0.5) is 17.6 Å². The molecule has 0 heterocycles. The van der Waals surface area contributed by atoms with Crippen molar-refractivity contribution in [3.8, 4) is 5.75 Å². The Hall–Kier alpha value is -2.07. The molecule has 2 rings (SSSR count). The van der Waals surface area contributed by atoms with E-state index in [1.54, 1.807) is 0 Å². The minimum Gasteiger partial charge on any atom is -0.481 e. The number of alkyl halides is 3. The van der Waals surface area contributed by atoms with Crippen LogP contribution in [0.15, 0.2) is 24.3 Å². The topological polar surface area (TPSA) is 80.7 Å². The monoisotopic (exact) mass is 386 g/mol. The lowest BCUT2D eigenvalue weighted by molar-refractivity contribution is -0.136.